The smallest absolute Gasteiger partial charge is 0.319 e. The van der Waals surface area contributed by atoms with Crippen molar-refractivity contribution in [1.29, 1.82) is 0 Å². The van der Waals surface area contributed by atoms with E-state index in [2.05, 4.69) is 17.2 Å². The molecule has 1 aromatic rings. The summed E-state index contributed by atoms with van der Waals surface area (Å²) >= 11 is 0. The second kappa shape index (κ2) is 8.41. The van der Waals surface area contributed by atoms with Gasteiger partial charge in [0.25, 0.3) is 0 Å². The summed E-state index contributed by atoms with van der Waals surface area (Å²) in [4.78, 5) is 24.4. The molecule has 2 amide bonds. The Morgan fingerprint density at radius 1 is 1.24 bits per heavy atom. The van der Waals surface area contributed by atoms with Gasteiger partial charge in [-0.1, -0.05) is 26.0 Å². The fourth-order valence-electron chi connectivity index (χ4n) is 2.69. The Hall–Kier alpha value is -2.70. The summed E-state index contributed by atoms with van der Waals surface area (Å²) in [5.74, 6) is -0.0812. The maximum Gasteiger partial charge on any atom is 0.319 e. The molecule has 0 radical (unpaired) electrons. The van der Waals surface area contributed by atoms with Gasteiger partial charge in [-0.2, -0.15) is 0 Å². The number of esters is 1. The number of unbranched alkanes of at least 4 members (excludes halogenated alkanes) is 1. The lowest BCUT2D eigenvalue weighted by atomic mass is 9.89. The highest BCUT2D eigenvalue weighted by molar-refractivity contribution is 5.85. The third-order valence-electron chi connectivity index (χ3n) is 4.03. The van der Waals surface area contributed by atoms with E-state index in [9.17, 15) is 9.59 Å². The zero-order valence-electron chi connectivity index (χ0n) is 14.8. The van der Waals surface area contributed by atoms with Gasteiger partial charge in [-0.15, -0.1) is 0 Å². The summed E-state index contributed by atoms with van der Waals surface area (Å²) in [6.45, 7) is 6.17. The van der Waals surface area contributed by atoms with Gasteiger partial charge in [0.15, 0.2) is 11.5 Å². The second-order valence-electron chi connectivity index (χ2n) is 5.71. The first-order valence-electron chi connectivity index (χ1n) is 8.16. The molecule has 1 aliphatic heterocycles. The van der Waals surface area contributed by atoms with Crippen LogP contribution in [0, 0.1) is 5.92 Å². The molecule has 0 saturated carbocycles. The van der Waals surface area contributed by atoms with Crippen LogP contribution in [0.1, 0.15) is 31.4 Å². The molecule has 2 N–H and O–H groups in total. The number of nitrogens with one attached hydrogen (secondary N) is 2. The highest BCUT2D eigenvalue weighted by Crippen LogP contribution is 2.35. The fourth-order valence-corrected chi connectivity index (χ4v) is 2.69. The lowest BCUT2D eigenvalue weighted by Gasteiger charge is -2.33. The maximum atomic E-state index is 12.5. The minimum atomic E-state index is -0.729. The summed E-state index contributed by atoms with van der Waals surface area (Å²) in [6.07, 6.45) is 1.71. The number of ether oxygens (including phenoxy) is 3. The van der Waals surface area contributed by atoms with Crippen molar-refractivity contribution < 1.29 is 23.8 Å². The third kappa shape index (κ3) is 4.23. The molecule has 2 atom stereocenters. The Labute approximate surface area is 147 Å². The van der Waals surface area contributed by atoms with E-state index in [-0.39, 0.29) is 0 Å². The molecule has 1 aromatic carbocycles. The average molecular weight is 348 g/mol. The van der Waals surface area contributed by atoms with Gasteiger partial charge in [0.1, 0.15) is 5.92 Å². The number of amides is 2. The highest BCUT2D eigenvalue weighted by atomic mass is 16.5. The summed E-state index contributed by atoms with van der Waals surface area (Å²) < 4.78 is 15.9. The van der Waals surface area contributed by atoms with Crippen molar-refractivity contribution in [2.45, 2.75) is 25.8 Å². The van der Waals surface area contributed by atoms with E-state index in [1.54, 1.807) is 25.3 Å². The first-order valence-corrected chi connectivity index (χ1v) is 8.16. The molecule has 2 rings (SSSR count). The van der Waals surface area contributed by atoms with Crippen LogP contribution in [0.4, 0.5) is 4.79 Å². The van der Waals surface area contributed by atoms with Gasteiger partial charge in [-0.05, 0) is 24.1 Å². The van der Waals surface area contributed by atoms with Crippen molar-refractivity contribution in [2.75, 3.05) is 20.8 Å². The van der Waals surface area contributed by atoms with Crippen LogP contribution >= 0.6 is 0 Å². The highest BCUT2D eigenvalue weighted by Gasteiger charge is 2.39. The van der Waals surface area contributed by atoms with Crippen LogP contribution in [0.3, 0.4) is 0 Å². The number of urea groups is 1. The molecule has 1 saturated heterocycles. The van der Waals surface area contributed by atoms with Gasteiger partial charge >= 0.3 is 12.0 Å². The van der Waals surface area contributed by atoms with Crippen LogP contribution in [-0.4, -0.2) is 32.8 Å². The van der Waals surface area contributed by atoms with Gasteiger partial charge in [0, 0.05) is 5.70 Å². The topological polar surface area (TPSA) is 85.9 Å². The van der Waals surface area contributed by atoms with Crippen molar-refractivity contribution in [3.05, 3.63) is 36.0 Å². The standard InChI is InChI=1S/C18H24N2O5/c1-5-6-9-25-17(21)15-11(2)19-18(22)20-16(15)12-7-8-13(23-3)14(10-12)24-4/h7-8,10,15-16H,2,5-6,9H2,1,3-4H3,(H2,19,20,22)/t15-,16+/m1/s1. The van der Waals surface area contributed by atoms with E-state index in [0.717, 1.165) is 12.8 Å². The zero-order chi connectivity index (χ0) is 18.4. The Bertz CT molecular complexity index is 659. The predicted octanol–water partition coefficient (Wildman–Crippen LogP) is 2.53. The van der Waals surface area contributed by atoms with Crippen LogP contribution in [0.2, 0.25) is 0 Å². The minimum Gasteiger partial charge on any atom is -0.493 e. The van der Waals surface area contributed by atoms with E-state index in [1.807, 2.05) is 6.92 Å². The summed E-state index contributed by atoms with van der Waals surface area (Å²) in [5, 5.41) is 5.32. The van der Waals surface area contributed by atoms with Gasteiger partial charge in [0.05, 0.1) is 26.9 Å². The Balaban J connectivity index is 2.31. The average Bonchev–Trinajstić information content (AvgIpc) is 2.60. The van der Waals surface area contributed by atoms with E-state index < -0.39 is 24.0 Å². The predicted molar refractivity (Wildman–Crippen MR) is 92.5 cm³/mol. The van der Waals surface area contributed by atoms with Crippen LogP contribution in [-0.2, 0) is 9.53 Å². The van der Waals surface area contributed by atoms with E-state index in [1.165, 1.54) is 7.11 Å². The molecular formula is C18H24N2O5. The molecule has 25 heavy (non-hydrogen) atoms. The molecule has 7 nitrogen and oxygen atoms in total. The van der Waals surface area contributed by atoms with Crippen LogP contribution in [0.25, 0.3) is 0 Å². The van der Waals surface area contributed by atoms with E-state index in [0.29, 0.717) is 29.4 Å². The number of hydrogen-bond donors (Lipinski definition) is 2. The molecule has 7 heteroatoms. The number of carbonyl (C=O) groups is 2. The summed E-state index contributed by atoms with van der Waals surface area (Å²) in [5.41, 5.74) is 1.01. The lowest BCUT2D eigenvalue weighted by Crippen LogP contribution is -2.51. The number of carbonyl (C=O) groups excluding carboxylic acids is 2. The molecule has 0 aliphatic carbocycles. The van der Waals surface area contributed by atoms with Crippen molar-refractivity contribution in [3.8, 4) is 11.5 Å². The molecule has 1 aliphatic rings. The molecule has 0 aromatic heterocycles. The molecule has 0 bridgehead atoms. The largest absolute Gasteiger partial charge is 0.493 e. The van der Waals surface area contributed by atoms with Crippen molar-refractivity contribution in [2.24, 2.45) is 5.92 Å². The number of hydrogen-bond acceptors (Lipinski definition) is 5. The van der Waals surface area contributed by atoms with Crippen molar-refractivity contribution in [3.63, 3.8) is 0 Å². The Morgan fingerprint density at radius 3 is 2.60 bits per heavy atom. The quantitative estimate of drug-likeness (QED) is 0.584. The van der Waals surface area contributed by atoms with Crippen LogP contribution in [0.5, 0.6) is 11.5 Å². The number of benzene rings is 1. The zero-order valence-corrected chi connectivity index (χ0v) is 14.8. The van der Waals surface area contributed by atoms with Crippen molar-refractivity contribution >= 4 is 12.0 Å². The summed E-state index contributed by atoms with van der Waals surface area (Å²) in [7, 11) is 3.07. The Morgan fingerprint density at radius 2 is 1.96 bits per heavy atom. The number of rotatable bonds is 7. The van der Waals surface area contributed by atoms with Gasteiger partial charge in [-0.25, -0.2) is 4.79 Å². The molecule has 1 fully saturated rings. The molecule has 136 valence electrons. The van der Waals surface area contributed by atoms with E-state index in [4.69, 9.17) is 14.2 Å². The van der Waals surface area contributed by atoms with Crippen molar-refractivity contribution in [1.82, 2.24) is 10.6 Å². The van der Waals surface area contributed by atoms with Crippen LogP contribution < -0.4 is 20.1 Å². The van der Waals surface area contributed by atoms with Gasteiger partial charge in [0.2, 0.25) is 0 Å². The van der Waals surface area contributed by atoms with Crippen LogP contribution in [0.15, 0.2) is 30.5 Å². The second-order valence-corrected chi connectivity index (χ2v) is 5.71. The first kappa shape index (κ1) is 18.6. The number of methoxy groups -OCH3 is 2. The lowest BCUT2D eigenvalue weighted by molar-refractivity contribution is -0.148. The molecular weight excluding hydrogens is 324 g/mol. The molecule has 1 heterocycles. The van der Waals surface area contributed by atoms with Gasteiger partial charge in [-0.3, -0.25) is 4.79 Å². The minimum absolute atomic E-state index is 0.310. The third-order valence-corrected chi connectivity index (χ3v) is 4.03. The normalized spacial score (nSPS) is 19.6. The SMILES string of the molecule is C=C1NC(=O)N[C@@H](c2ccc(OC)c(OC)c2)[C@@H]1C(=O)OCCCC. The Kier molecular flexibility index (Phi) is 6.27. The molecule has 0 unspecified atom stereocenters. The first-order chi connectivity index (χ1) is 12.0. The molecule has 0 spiro atoms. The van der Waals surface area contributed by atoms with Gasteiger partial charge < -0.3 is 24.8 Å². The monoisotopic (exact) mass is 348 g/mol. The van der Waals surface area contributed by atoms with E-state index >= 15 is 0 Å². The fraction of sp³-hybridized carbons (Fsp3) is 0.444. The summed E-state index contributed by atoms with van der Waals surface area (Å²) in [6, 6.07) is 4.22. The maximum absolute atomic E-state index is 12.5.